The molecule has 1 aliphatic rings. The Morgan fingerprint density at radius 3 is 2.58 bits per heavy atom. The van der Waals surface area contributed by atoms with Crippen molar-refractivity contribution in [3.63, 3.8) is 0 Å². The van der Waals surface area contributed by atoms with Gasteiger partial charge in [-0.1, -0.05) is 12.1 Å². The van der Waals surface area contributed by atoms with Crippen LogP contribution < -0.4 is 10.2 Å². The minimum Gasteiger partial charge on any atom is -0.363 e. The Bertz CT molecular complexity index is 698. The highest BCUT2D eigenvalue weighted by Gasteiger charge is 2.18. The van der Waals surface area contributed by atoms with Crippen LogP contribution >= 0.6 is 23.5 Å². The fourth-order valence-corrected chi connectivity index (χ4v) is 5.30. The number of carbonyl (C=O) groups excluding carboxylic acids is 1. The van der Waals surface area contributed by atoms with Gasteiger partial charge in [0.15, 0.2) is 0 Å². The fourth-order valence-electron chi connectivity index (χ4n) is 2.44. The molecule has 24 heavy (non-hydrogen) atoms. The lowest BCUT2D eigenvalue weighted by molar-refractivity contribution is 0.0951. The van der Waals surface area contributed by atoms with Gasteiger partial charge in [-0.05, 0) is 35.4 Å². The summed E-state index contributed by atoms with van der Waals surface area (Å²) in [4.78, 5) is 18.6. The molecule has 1 saturated heterocycles. The van der Waals surface area contributed by atoms with Gasteiger partial charge in [-0.25, -0.2) is 4.98 Å². The van der Waals surface area contributed by atoms with Crippen molar-refractivity contribution in [3.05, 3.63) is 59.3 Å². The van der Waals surface area contributed by atoms with Crippen LogP contribution in [0.3, 0.4) is 0 Å². The summed E-state index contributed by atoms with van der Waals surface area (Å²) in [5.74, 6) is 3.26. The van der Waals surface area contributed by atoms with Crippen LogP contribution in [0.4, 0.5) is 5.82 Å². The van der Waals surface area contributed by atoms with Crippen molar-refractivity contribution < 1.29 is 4.79 Å². The van der Waals surface area contributed by atoms with Gasteiger partial charge in [0.2, 0.25) is 0 Å². The van der Waals surface area contributed by atoms with Crippen molar-refractivity contribution in [1.29, 1.82) is 0 Å². The molecule has 2 heterocycles. The third kappa shape index (κ3) is 4.24. The largest absolute Gasteiger partial charge is 0.363 e. The predicted octanol–water partition coefficient (Wildman–Crippen LogP) is 3.56. The highest BCUT2D eigenvalue weighted by atomic mass is 32.2. The van der Waals surface area contributed by atoms with Gasteiger partial charge >= 0.3 is 0 Å². The van der Waals surface area contributed by atoms with Crippen LogP contribution in [-0.2, 0) is 6.54 Å². The third-order valence-corrected chi connectivity index (χ3v) is 6.89. The van der Waals surface area contributed by atoms with E-state index in [0.717, 1.165) is 11.4 Å². The molecule has 1 aliphatic heterocycles. The molecular formula is C18H21N3OS2. The maximum Gasteiger partial charge on any atom is 0.251 e. The van der Waals surface area contributed by atoms with Crippen LogP contribution in [-0.4, -0.2) is 36.5 Å². The summed E-state index contributed by atoms with van der Waals surface area (Å²) >= 11 is 3.95. The zero-order valence-electron chi connectivity index (χ0n) is 13.9. The van der Waals surface area contributed by atoms with E-state index < -0.39 is 0 Å². The number of rotatable bonds is 5. The van der Waals surface area contributed by atoms with E-state index in [9.17, 15) is 4.79 Å². The Morgan fingerprint density at radius 2 is 1.92 bits per heavy atom. The topological polar surface area (TPSA) is 45.2 Å². The molecule has 0 bridgehead atoms. The molecule has 1 amide bonds. The predicted molar refractivity (Wildman–Crippen MR) is 104 cm³/mol. The number of nitrogens with zero attached hydrogens (tertiary/aromatic N) is 2. The van der Waals surface area contributed by atoms with Crippen LogP contribution in [0, 0.1) is 0 Å². The lowest BCUT2D eigenvalue weighted by atomic mass is 10.1. The molecule has 126 valence electrons. The number of carbonyl (C=O) groups is 1. The van der Waals surface area contributed by atoms with Crippen molar-refractivity contribution in [1.82, 2.24) is 10.3 Å². The number of benzene rings is 1. The van der Waals surface area contributed by atoms with E-state index in [2.05, 4.69) is 22.4 Å². The van der Waals surface area contributed by atoms with Gasteiger partial charge < -0.3 is 10.2 Å². The fraction of sp³-hybridized carbons (Fsp3) is 0.333. The lowest BCUT2D eigenvalue weighted by Gasteiger charge is -2.13. The molecule has 0 unspecified atom stereocenters. The Labute approximate surface area is 151 Å². The first-order valence-electron chi connectivity index (χ1n) is 7.87. The highest BCUT2D eigenvalue weighted by Crippen LogP contribution is 2.45. The number of amides is 1. The molecule has 0 aliphatic carbocycles. The van der Waals surface area contributed by atoms with Crippen LogP contribution in [0.2, 0.25) is 0 Å². The van der Waals surface area contributed by atoms with Gasteiger partial charge in [0, 0.05) is 43.9 Å². The number of aromatic nitrogens is 1. The van der Waals surface area contributed by atoms with Crippen LogP contribution in [0.25, 0.3) is 0 Å². The third-order valence-electron chi connectivity index (χ3n) is 3.79. The summed E-state index contributed by atoms with van der Waals surface area (Å²) in [5, 5.41) is 2.97. The number of hydrogen-bond donors (Lipinski definition) is 1. The molecule has 0 spiro atoms. The van der Waals surface area contributed by atoms with Gasteiger partial charge in [0.1, 0.15) is 5.82 Å². The maximum atomic E-state index is 12.3. The lowest BCUT2D eigenvalue weighted by Crippen LogP contribution is -2.23. The Morgan fingerprint density at radius 1 is 1.21 bits per heavy atom. The SMILES string of the molecule is CN(C)c1cc(CNC(=O)c2ccc(C3SCCS3)cc2)ccn1. The Kier molecular flexibility index (Phi) is 5.68. The molecule has 1 fully saturated rings. The van der Waals surface area contributed by atoms with Crippen molar-refractivity contribution in [2.75, 3.05) is 30.5 Å². The summed E-state index contributed by atoms with van der Waals surface area (Å²) in [6.07, 6.45) is 1.77. The molecule has 3 rings (SSSR count). The minimum absolute atomic E-state index is 0.0449. The monoisotopic (exact) mass is 359 g/mol. The Balaban J connectivity index is 1.59. The molecule has 0 atom stereocenters. The number of thioether (sulfide) groups is 2. The van der Waals surface area contributed by atoms with Gasteiger partial charge in [-0.3, -0.25) is 4.79 Å². The first-order valence-corrected chi connectivity index (χ1v) is 9.97. The first kappa shape index (κ1) is 17.2. The molecule has 0 saturated carbocycles. The second-order valence-corrected chi connectivity index (χ2v) is 8.52. The molecule has 1 N–H and O–H groups in total. The van der Waals surface area contributed by atoms with E-state index in [1.165, 1.54) is 17.1 Å². The summed E-state index contributed by atoms with van der Waals surface area (Å²) in [7, 11) is 3.90. The number of pyridine rings is 1. The van der Waals surface area contributed by atoms with Gasteiger partial charge in [-0.2, -0.15) is 0 Å². The average molecular weight is 360 g/mol. The van der Waals surface area contributed by atoms with E-state index in [1.54, 1.807) is 6.20 Å². The zero-order valence-corrected chi connectivity index (χ0v) is 15.5. The van der Waals surface area contributed by atoms with Crippen LogP contribution in [0.15, 0.2) is 42.6 Å². The molecule has 2 aromatic rings. The molecule has 4 nitrogen and oxygen atoms in total. The quantitative estimate of drug-likeness (QED) is 0.884. The van der Waals surface area contributed by atoms with E-state index >= 15 is 0 Å². The van der Waals surface area contributed by atoms with Crippen LogP contribution in [0.1, 0.15) is 26.1 Å². The van der Waals surface area contributed by atoms with Gasteiger partial charge in [-0.15, -0.1) is 23.5 Å². The zero-order chi connectivity index (χ0) is 16.9. The number of hydrogen-bond acceptors (Lipinski definition) is 5. The number of anilines is 1. The van der Waals surface area contributed by atoms with Crippen molar-refractivity contribution in [3.8, 4) is 0 Å². The summed E-state index contributed by atoms with van der Waals surface area (Å²) in [5.41, 5.74) is 3.04. The number of nitrogens with one attached hydrogen (secondary N) is 1. The Hall–Kier alpha value is -1.66. The van der Waals surface area contributed by atoms with E-state index in [0.29, 0.717) is 16.7 Å². The van der Waals surface area contributed by atoms with E-state index in [-0.39, 0.29) is 5.91 Å². The average Bonchev–Trinajstić information content (AvgIpc) is 3.14. The van der Waals surface area contributed by atoms with E-state index in [1.807, 2.05) is 66.8 Å². The molecule has 1 aromatic heterocycles. The highest BCUT2D eigenvalue weighted by molar-refractivity contribution is 8.19. The molecular weight excluding hydrogens is 338 g/mol. The standard InChI is InChI=1S/C18H21N3OS2/c1-21(2)16-11-13(7-8-19-16)12-20-17(22)14-3-5-15(6-4-14)18-23-9-10-24-18/h3-8,11,18H,9-10,12H2,1-2H3,(H,20,22). The molecule has 6 heteroatoms. The van der Waals surface area contributed by atoms with E-state index in [4.69, 9.17) is 0 Å². The van der Waals surface area contributed by atoms with Gasteiger partial charge in [0.25, 0.3) is 5.91 Å². The smallest absolute Gasteiger partial charge is 0.251 e. The molecule has 0 radical (unpaired) electrons. The van der Waals surface area contributed by atoms with Crippen molar-refractivity contribution in [2.24, 2.45) is 0 Å². The summed E-state index contributed by atoms with van der Waals surface area (Å²) in [6, 6.07) is 11.9. The van der Waals surface area contributed by atoms with Crippen molar-refractivity contribution >= 4 is 35.2 Å². The molecule has 1 aromatic carbocycles. The normalized spacial score (nSPS) is 14.6. The summed E-state index contributed by atoms with van der Waals surface area (Å²) < 4.78 is 0.517. The van der Waals surface area contributed by atoms with Gasteiger partial charge in [0.05, 0.1) is 4.58 Å². The maximum absolute atomic E-state index is 12.3. The second kappa shape index (κ2) is 7.94. The minimum atomic E-state index is -0.0449. The van der Waals surface area contributed by atoms with Crippen LogP contribution in [0.5, 0.6) is 0 Å². The van der Waals surface area contributed by atoms with Crippen molar-refractivity contribution in [2.45, 2.75) is 11.1 Å². The second-order valence-electron chi connectivity index (χ2n) is 5.79. The first-order chi connectivity index (χ1) is 11.6. The summed E-state index contributed by atoms with van der Waals surface area (Å²) in [6.45, 7) is 0.498.